The van der Waals surface area contributed by atoms with Crippen LogP contribution in [0.1, 0.15) is 55.9 Å². The van der Waals surface area contributed by atoms with Crippen molar-refractivity contribution in [2.24, 2.45) is 5.92 Å². The van der Waals surface area contributed by atoms with E-state index in [0.717, 1.165) is 39.1 Å². The van der Waals surface area contributed by atoms with Gasteiger partial charge in [0.05, 0.1) is 17.5 Å². The molecule has 0 aromatic heterocycles. The highest BCUT2D eigenvalue weighted by molar-refractivity contribution is 6.74. The van der Waals surface area contributed by atoms with Crippen molar-refractivity contribution in [2.45, 2.75) is 72.2 Å². The summed E-state index contributed by atoms with van der Waals surface area (Å²) < 4.78 is 18.5. The van der Waals surface area contributed by atoms with Crippen LogP contribution in [0, 0.1) is 19.8 Å². The zero-order chi connectivity index (χ0) is 28.7. The van der Waals surface area contributed by atoms with E-state index >= 15 is 0 Å². The minimum absolute atomic E-state index is 0.0781. The molecule has 0 amide bonds. The normalized spacial score (nSPS) is 15.9. The van der Waals surface area contributed by atoms with Crippen LogP contribution in [0.4, 0.5) is 0 Å². The zero-order valence-corrected chi connectivity index (χ0v) is 25.9. The lowest BCUT2D eigenvalue weighted by Crippen LogP contribution is -2.44. The second-order valence-electron chi connectivity index (χ2n) is 12.1. The summed E-state index contributed by atoms with van der Waals surface area (Å²) >= 11 is 6.88. The molecule has 0 aliphatic carbocycles. The molecule has 0 fully saturated rings. The first kappa shape index (κ1) is 29.0. The summed E-state index contributed by atoms with van der Waals surface area (Å²) in [6.07, 6.45) is 0. The summed E-state index contributed by atoms with van der Waals surface area (Å²) in [6, 6.07) is 16.0. The van der Waals surface area contributed by atoms with E-state index in [2.05, 4.69) is 65.9 Å². The SMILES string of the molecule is Cc1cc(O[Si](C)(C)C(C)(C)C)c(Cl)c(C)c1-c1cccc(COc2ccc3c(c2)OC[C@H]3C(C)C(=O)O)c1. The molecule has 0 saturated heterocycles. The highest BCUT2D eigenvalue weighted by atomic mass is 35.5. The summed E-state index contributed by atoms with van der Waals surface area (Å²) in [7, 11) is -2.03. The lowest BCUT2D eigenvalue weighted by Gasteiger charge is -2.37. The number of carbonyl (C=O) groups is 1. The Hall–Kier alpha value is -2.96. The minimum Gasteiger partial charge on any atom is -0.542 e. The average molecular weight is 567 g/mol. The summed E-state index contributed by atoms with van der Waals surface area (Å²) in [5.41, 5.74) is 6.25. The van der Waals surface area contributed by atoms with E-state index < -0.39 is 20.2 Å². The van der Waals surface area contributed by atoms with E-state index in [1.54, 1.807) is 6.92 Å². The topological polar surface area (TPSA) is 65.0 Å². The molecule has 0 bridgehead atoms. The van der Waals surface area contributed by atoms with E-state index in [-0.39, 0.29) is 11.0 Å². The Morgan fingerprint density at radius 1 is 1.15 bits per heavy atom. The fraction of sp³-hybridized carbons (Fsp3) is 0.406. The molecule has 2 atom stereocenters. The summed E-state index contributed by atoms with van der Waals surface area (Å²) in [4.78, 5) is 11.4. The molecule has 4 rings (SSSR count). The first-order chi connectivity index (χ1) is 18.2. The molecule has 39 heavy (non-hydrogen) atoms. The maximum absolute atomic E-state index is 11.4. The Labute approximate surface area is 238 Å². The van der Waals surface area contributed by atoms with Gasteiger partial charge in [0.15, 0.2) is 0 Å². The fourth-order valence-electron chi connectivity index (χ4n) is 4.74. The number of rotatable bonds is 8. The first-order valence-corrected chi connectivity index (χ1v) is 16.7. The van der Waals surface area contributed by atoms with Gasteiger partial charge in [-0.25, -0.2) is 0 Å². The van der Waals surface area contributed by atoms with Gasteiger partial charge in [-0.1, -0.05) is 63.6 Å². The van der Waals surface area contributed by atoms with Crippen LogP contribution in [0.2, 0.25) is 23.2 Å². The number of aryl methyl sites for hydroxylation is 1. The van der Waals surface area contributed by atoms with Crippen molar-refractivity contribution in [3.63, 3.8) is 0 Å². The molecule has 3 aromatic carbocycles. The van der Waals surface area contributed by atoms with E-state index in [1.165, 1.54) is 0 Å². The molecule has 1 heterocycles. The van der Waals surface area contributed by atoms with Crippen LogP contribution in [0.3, 0.4) is 0 Å². The van der Waals surface area contributed by atoms with Crippen LogP contribution in [-0.4, -0.2) is 26.0 Å². The number of ether oxygens (including phenoxy) is 2. The van der Waals surface area contributed by atoms with Gasteiger partial charge in [0.1, 0.15) is 23.9 Å². The van der Waals surface area contributed by atoms with E-state index in [1.807, 2.05) is 30.3 Å². The van der Waals surface area contributed by atoms with Crippen molar-refractivity contribution in [3.05, 3.63) is 75.8 Å². The average Bonchev–Trinajstić information content (AvgIpc) is 3.28. The van der Waals surface area contributed by atoms with Gasteiger partial charge in [0.25, 0.3) is 8.32 Å². The molecule has 1 unspecified atom stereocenters. The predicted molar refractivity (Wildman–Crippen MR) is 160 cm³/mol. The van der Waals surface area contributed by atoms with Crippen LogP contribution in [0.5, 0.6) is 17.2 Å². The molecule has 7 heteroatoms. The van der Waals surface area contributed by atoms with Crippen molar-refractivity contribution >= 4 is 25.9 Å². The van der Waals surface area contributed by atoms with Gasteiger partial charge in [0, 0.05) is 17.5 Å². The van der Waals surface area contributed by atoms with Gasteiger partial charge in [-0.15, -0.1) is 0 Å². The standard InChI is InChI=1S/C32H39ClO5Si/c1-19-14-28(38-39(7,8)32(4,5)6)30(33)21(3)29(19)23-11-9-10-22(15-23)17-36-24-12-13-25-26(20(2)31(34)35)18-37-27(25)16-24/h9-16,20,26H,17-18H2,1-8H3,(H,34,35)/t20?,26-/m0/s1. The number of hydrogen-bond acceptors (Lipinski definition) is 4. The number of carboxylic acid groups (broad SMARTS) is 1. The maximum Gasteiger partial charge on any atom is 0.306 e. The molecular formula is C32H39ClO5Si. The lowest BCUT2D eigenvalue weighted by molar-refractivity contribution is -0.142. The van der Waals surface area contributed by atoms with Gasteiger partial charge < -0.3 is 19.0 Å². The molecule has 1 aliphatic rings. The molecule has 0 spiro atoms. The highest BCUT2D eigenvalue weighted by Crippen LogP contribution is 2.44. The van der Waals surface area contributed by atoms with Crippen LogP contribution < -0.4 is 13.9 Å². The molecule has 0 saturated carbocycles. The Balaban J connectivity index is 1.53. The Kier molecular flexibility index (Phi) is 8.11. The van der Waals surface area contributed by atoms with Crippen LogP contribution >= 0.6 is 11.6 Å². The molecule has 3 aromatic rings. The monoisotopic (exact) mass is 566 g/mol. The third-order valence-electron chi connectivity index (χ3n) is 8.25. The van der Waals surface area contributed by atoms with Crippen molar-refractivity contribution < 1.29 is 23.8 Å². The van der Waals surface area contributed by atoms with Gasteiger partial charge in [-0.3, -0.25) is 4.79 Å². The van der Waals surface area contributed by atoms with Crippen LogP contribution in [0.15, 0.2) is 48.5 Å². The van der Waals surface area contributed by atoms with E-state index in [9.17, 15) is 9.90 Å². The van der Waals surface area contributed by atoms with Crippen molar-refractivity contribution in [1.82, 2.24) is 0 Å². The maximum atomic E-state index is 11.4. The summed E-state index contributed by atoms with van der Waals surface area (Å²) in [5.74, 6) is 0.668. The van der Waals surface area contributed by atoms with E-state index in [0.29, 0.717) is 29.7 Å². The number of fused-ring (bicyclic) bond motifs is 1. The summed E-state index contributed by atoms with van der Waals surface area (Å²) in [6.45, 7) is 17.8. The first-order valence-electron chi connectivity index (χ1n) is 13.4. The molecule has 5 nitrogen and oxygen atoms in total. The van der Waals surface area contributed by atoms with Gasteiger partial charge >= 0.3 is 5.97 Å². The van der Waals surface area contributed by atoms with Crippen LogP contribution in [0.25, 0.3) is 11.1 Å². The largest absolute Gasteiger partial charge is 0.542 e. The number of halogens is 1. The van der Waals surface area contributed by atoms with E-state index in [4.69, 9.17) is 25.5 Å². The Morgan fingerprint density at radius 3 is 2.54 bits per heavy atom. The number of hydrogen-bond donors (Lipinski definition) is 1. The van der Waals surface area contributed by atoms with Gasteiger partial charge in [-0.05, 0) is 78.0 Å². The fourth-order valence-corrected chi connectivity index (χ4v) is 6.01. The molecular weight excluding hydrogens is 528 g/mol. The van der Waals surface area contributed by atoms with Crippen molar-refractivity contribution in [2.75, 3.05) is 6.61 Å². The second kappa shape index (κ2) is 10.9. The lowest BCUT2D eigenvalue weighted by atomic mass is 9.89. The number of aliphatic carboxylic acids is 1. The quantitative estimate of drug-likeness (QED) is 0.276. The minimum atomic E-state index is -2.03. The third-order valence-corrected chi connectivity index (χ3v) is 13.1. The van der Waals surface area contributed by atoms with Crippen LogP contribution in [-0.2, 0) is 11.4 Å². The Morgan fingerprint density at radius 2 is 1.87 bits per heavy atom. The third kappa shape index (κ3) is 5.97. The van der Waals surface area contributed by atoms with Crippen molar-refractivity contribution in [1.29, 1.82) is 0 Å². The predicted octanol–water partition coefficient (Wildman–Crippen LogP) is 8.78. The smallest absolute Gasteiger partial charge is 0.306 e. The highest BCUT2D eigenvalue weighted by Gasteiger charge is 2.39. The molecule has 0 radical (unpaired) electrons. The van der Waals surface area contributed by atoms with Gasteiger partial charge in [0.2, 0.25) is 0 Å². The number of carboxylic acids is 1. The number of benzene rings is 3. The summed E-state index contributed by atoms with van der Waals surface area (Å²) in [5, 5.41) is 10.1. The zero-order valence-electron chi connectivity index (χ0n) is 24.1. The molecule has 1 aliphatic heterocycles. The second-order valence-corrected chi connectivity index (χ2v) is 17.2. The molecule has 208 valence electrons. The van der Waals surface area contributed by atoms with Gasteiger partial charge in [-0.2, -0.15) is 0 Å². The molecule has 1 N–H and O–H groups in total. The Bertz CT molecular complexity index is 1390. The van der Waals surface area contributed by atoms with Crippen molar-refractivity contribution in [3.8, 4) is 28.4 Å².